The SMILES string of the molecule is CC1CCC(O)(Cc2ccc(Cl)c(F)c2)CC1C. The normalized spacial score (nSPS) is 32.5. The summed E-state index contributed by atoms with van der Waals surface area (Å²) in [5.41, 5.74) is 0.132. The van der Waals surface area contributed by atoms with E-state index in [4.69, 9.17) is 11.6 Å². The number of rotatable bonds is 2. The molecule has 0 spiro atoms. The molecule has 1 aliphatic carbocycles. The van der Waals surface area contributed by atoms with Gasteiger partial charge in [0, 0.05) is 6.42 Å². The lowest BCUT2D eigenvalue weighted by Gasteiger charge is -2.39. The van der Waals surface area contributed by atoms with Crippen molar-refractivity contribution >= 4 is 11.6 Å². The Morgan fingerprint density at radius 1 is 1.39 bits per heavy atom. The molecule has 0 radical (unpaired) electrons. The monoisotopic (exact) mass is 270 g/mol. The molecule has 1 N–H and O–H groups in total. The van der Waals surface area contributed by atoms with Gasteiger partial charge in [0.15, 0.2) is 0 Å². The molecule has 0 aliphatic heterocycles. The molecule has 0 amide bonds. The fraction of sp³-hybridized carbons (Fsp3) is 0.600. The summed E-state index contributed by atoms with van der Waals surface area (Å²) in [5, 5.41) is 10.8. The molecular formula is C15H20ClFO. The van der Waals surface area contributed by atoms with E-state index in [9.17, 15) is 9.50 Å². The molecule has 3 unspecified atom stereocenters. The van der Waals surface area contributed by atoms with Crippen LogP contribution in [0.4, 0.5) is 4.39 Å². The van der Waals surface area contributed by atoms with Crippen molar-refractivity contribution < 1.29 is 9.50 Å². The Morgan fingerprint density at radius 2 is 2.11 bits per heavy atom. The minimum absolute atomic E-state index is 0.136. The maximum Gasteiger partial charge on any atom is 0.142 e. The van der Waals surface area contributed by atoms with E-state index in [1.54, 1.807) is 12.1 Å². The van der Waals surface area contributed by atoms with Crippen LogP contribution in [-0.2, 0) is 6.42 Å². The first-order chi connectivity index (χ1) is 8.39. The van der Waals surface area contributed by atoms with Gasteiger partial charge in [-0.3, -0.25) is 0 Å². The molecule has 1 aromatic carbocycles. The van der Waals surface area contributed by atoms with Gasteiger partial charge >= 0.3 is 0 Å². The van der Waals surface area contributed by atoms with Crippen LogP contribution in [0.15, 0.2) is 18.2 Å². The largest absolute Gasteiger partial charge is 0.390 e. The van der Waals surface area contributed by atoms with E-state index in [1.807, 2.05) is 0 Å². The van der Waals surface area contributed by atoms with Gasteiger partial charge in [-0.1, -0.05) is 31.5 Å². The van der Waals surface area contributed by atoms with Crippen molar-refractivity contribution in [2.75, 3.05) is 0 Å². The van der Waals surface area contributed by atoms with Gasteiger partial charge in [0.25, 0.3) is 0 Å². The molecule has 3 heteroatoms. The number of hydrogen-bond acceptors (Lipinski definition) is 1. The summed E-state index contributed by atoms with van der Waals surface area (Å²) in [6.45, 7) is 4.41. The fourth-order valence-electron chi connectivity index (χ4n) is 2.87. The van der Waals surface area contributed by atoms with Gasteiger partial charge in [0.1, 0.15) is 5.82 Å². The van der Waals surface area contributed by atoms with Crippen LogP contribution >= 0.6 is 11.6 Å². The Hall–Kier alpha value is -0.600. The Morgan fingerprint density at radius 3 is 2.72 bits per heavy atom. The van der Waals surface area contributed by atoms with Crippen molar-refractivity contribution in [1.82, 2.24) is 0 Å². The van der Waals surface area contributed by atoms with E-state index in [-0.39, 0.29) is 5.02 Å². The molecule has 1 aromatic rings. The van der Waals surface area contributed by atoms with Crippen LogP contribution < -0.4 is 0 Å². The second-order valence-electron chi connectivity index (χ2n) is 5.85. The molecule has 0 aromatic heterocycles. The Kier molecular flexibility index (Phi) is 3.98. The predicted octanol–water partition coefficient (Wildman–Crippen LogP) is 4.21. The molecule has 1 aliphatic rings. The number of benzene rings is 1. The van der Waals surface area contributed by atoms with Crippen LogP contribution in [0.3, 0.4) is 0 Å². The van der Waals surface area contributed by atoms with Crippen LogP contribution in [-0.4, -0.2) is 10.7 Å². The second-order valence-corrected chi connectivity index (χ2v) is 6.25. The lowest BCUT2D eigenvalue weighted by molar-refractivity contribution is -0.0279. The van der Waals surface area contributed by atoms with Crippen molar-refractivity contribution in [3.63, 3.8) is 0 Å². The quantitative estimate of drug-likeness (QED) is 0.854. The number of halogens is 2. The molecule has 1 saturated carbocycles. The third-order valence-corrected chi connectivity index (χ3v) is 4.56. The van der Waals surface area contributed by atoms with Crippen LogP contribution in [0.5, 0.6) is 0 Å². The lowest BCUT2D eigenvalue weighted by atomic mass is 9.71. The standard InChI is InChI=1S/C15H20ClFO/c1-10-5-6-15(18,8-11(10)2)9-12-3-4-13(16)14(17)7-12/h3-4,7,10-11,18H,5-6,8-9H2,1-2H3. The molecule has 3 atom stereocenters. The molecule has 0 bridgehead atoms. The molecule has 1 nitrogen and oxygen atoms in total. The summed E-state index contributed by atoms with van der Waals surface area (Å²) >= 11 is 5.66. The first-order valence-corrected chi connectivity index (χ1v) is 6.94. The highest BCUT2D eigenvalue weighted by molar-refractivity contribution is 6.30. The van der Waals surface area contributed by atoms with Gasteiger partial charge in [-0.25, -0.2) is 4.39 Å². The van der Waals surface area contributed by atoms with Crippen LogP contribution in [0, 0.1) is 17.7 Å². The summed E-state index contributed by atoms with van der Waals surface area (Å²) in [4.78, 5) is 0. The van der Waals surface area contributed by atoms with Crippen LogP contribution in [0.2, 0.25) is 5.02 Å². The van der Waals surface area contributed by atoms with Crippen molar-refractivity contribution in [3.8, 4) is 0 Å². The van der Waals surface area contributed by atoms with E-state index in [0.29, 0.717) is 18.3 Å². The third-order valence-electron chi connectivity index (χ3n) is 4.26. The summed E-state index contributed by atoms with van der Waals surface area (Å²) < 4.78 is 13.4. The molecule has 0 saturated heterocycles. The summed E-state index contributed by atoms with van der Waals surface area (Å²) in [6.07, 6.45) is 3.13. The average Bonchev–Trinajstić information content (AvgIpc) is 2.29. The van der Waals surface area contributed by atoms with Gasteiger partial charge in [-0.2, -0.15) is 0 Å². The zero-order valence-electron chi connectivity index (χ0n) is 10.9. The van der Waals surface area contributed by atoms with E-state index in [2.05, 4.69) is 13.8 Å². The molecule has 2 rings (SSSR count). The zero-order chi connectivity index (χ0) is 13.3. The van der Waals surface area contributed by atoms with E-state index < -0.39 is 11.4 Å². The Balaban J connectivity index is 2.10. The van der Waals surface area contributed by atoms with Gasteiger partial charge in [-0.05, 0) is 48.8 Å². The first-order valence-electron chi connectivity index (χ1n) is 6.56. The van der Waals surface area contributed by atoms with Crippen molar-refractivity contribution in [1.29, 1.82) is 0 Å². The fourth-order valence-corrected chi connectivity index (χ4v) is 2.99. The lowest BCUT2D eigenvalue weighted by Crippen LogP contribution is -2.39. The summed E-state index contributed by atoms with van der Waals surface area (Å²) in [5.74, 6) is 0.767. The van der Waals surface area contributed by atoms with Crippen LogP contribution in [0.1, 0.15) is 38.7 Å². The van der Waals surface area contributed by atoms with E-state index >= 15 is 0 Å². The summed E-state index contributed by atoms with van der Waals surface area (Å²) in [7, 11) is 0. The van der Waals surface area contributed by atoms with Crippen molar-refractivity contribution in [2.24, 2.45) is 11.8 Å². The minimum atomic E-state index is -0.688. The van der Waals surface area contributed by atoms with Crippen molar-refractivity contribution in [3.05, 3.63) is 34.6 Å². The maximum absolute atomic E-state index is 13.4. The number of aliphatic hydroxyl groups is 1. The highest BCUT2D eigenvalue weighted by atomic mass is 35.5. The molecule has 1 fully saturated rings. The molecular weight excluding hydrogens is 251 g/mol. The molecule has 18 heavy (non-hydrogen) atoms. The predicted molar refractivity (Wildman–Crippen MR) is 72.2 cm³/mol. The van der Waals surface area contributed by atoms with Crippen molar-refractivity contribution in [2.45, 2.75) is 45.1 Å². The highest BCUT2D eigenvalue weighted by Crippen LogP contribution is 2.38. The minimum Gasteiger partial charge on any atom is -0.390 e. The van der Waals surface area contributed by atoms with E-state index in [0.717, 1.165) is 24.8 Å². The number of hydrogen-bond donors (Lipinski definition) is 1. The average molecular weight is 271 g/mol. The van der Waals surface area contributed by atoms with Gasteiger partial charge in [0.2, 0.25) is 0 Å². The first kappa shape index (κ1) is 13.8. The van der Waals surface area contributed by atoms with Gasteiger partial charge in [0.05, 0.1) is 10.6 Å². The maximum atomic E-state index is 13.4. The highest BCUT2D eigenvalue weighted by Gasteiger charge is 2.35. The van der Waals surface area contributed by atoms with Crippen LogP contribution in [0.25, 0.3) is 0 Å². The van der Waals surface area contributed by atoms with Gasteiger partial charge < -0.3 is 5.11 Å². The van der Waals surface area contributed by atoms with E-state index in [1.165, 1.54) is 6.07 Å². The smallest absolute Gasteiger partial charge is 0.142 e. The Bertz CT molecular complexity index is 435. The molecule has 100 valence electrons. The third kappa shape index (κ3) is 3.04. The zero-order valence-corrected chi connectivity index (χ0v) is 11.7. The summed E-state index contributed by atoms with van der Waals surface area (Å²) in [6, 6.07) is 4.79. The van der Waals surface area contributed by atoms with Gasteiger partial charge in [-0.15, -0.1) is 0 Å². The molecule has 0 heterocycles. The second kappa shape index (κ2) is 5.18. The topological polar surface area (TPSA) is 20.2 Å². The Labute approximate surface area is 113 Å².